The van der Waals surface area contributed by atoms with Crippen LogP contribution in [0, 0.1) is 0 Å². The molecular weight excluding hydrogens is 424 g/mol. The number of fused-ring (bicyclic) bond motifs is 1. The zero-order chi connectivity index (χ0) is 23.5. The molecule has 5 amide bonds. The predicted octanol–water partition coefficient (Wildman–Crippen LogP) is 1.76. The lowest BCUT2D eigenvalue weighted by Crippen LogP contribution is -2.52. The summed E-state index contributed by atoms with van der Waals surface area (Å²) in [6.07, 6.45) is 4.93. The van der Waals surface area contributed by atoms with Gasteiger partial charge in [-0.2, -0.15) is 0 Å². The number of carbonyl (C=O) groups is 5. The molecule has 0 saturated carbocycles. The number of carbonyl (C=O) groups excluding carboxylic acids is 5. The van der Waals surface area contributed by atoms with Crippen molar-refractivity contribution in [3.8, 4) is 0 Å². The number of hydrogen-bond donors (Lipinski definition) is 2. The third kappa shape index (κ3) is 4.52. The molecule has 2 aromatic rings. The molecular formula is C24H24N4O5. The van der Waals surface area contributed by atoms with Gasteiger partial charge in [-0.25, -0.2) is 0 Å². The van der Waals surface area contributed by atoms with Crippen LogP contribution in [-0.4, -0.2) is 45.5 Å². The molecule has 0 spiro atoms. The van der Waals surface area contributed by atoms with Gasteiger partial charge in [0.25, 0.3) is 17.7 Å². The number of piperidine rings is 1. The number of imide groups is 2. The Morgan fingerprint density at radius 3 is 2.67 bits per heavy atom. The molecule has 9 nitrogen and oxygen atoms in total. The van der Waals surface area contributed by atoms with Crippen molar-refractivity contribution < 1.29 is 24.0 Å². The van der Waals surface area contributed by atoms with E-state index in [2.05, 4.69) is 22.5 Å². The number of aryl methyl sites for hydroxylation is 1. The van der Waals surface area contributed by atoms with E-state index in [-0.39, 0.29) is 42.1 Å². The highest BCUT2D eigenvalue weighted by molar-refractivity contribution is 6.16. The van der Waals surface area contributed by atoms with Crippen molar-refractivity contribution in [3.63, 3.8) is 0 Å². The summed E-state index contributed by atoms with van der Waals surface area (Å²) in [5, 5.41) is 4.55. The lowest BCUT2D eigenvalue weighted by molar-refractivity contribution is -0.136. The topological polar surface area (TPSA) is 126 Å². The number of hydrogen-bond acceptors (Lipinski definition) is 6. The Labute approximate surface area is 190 Å². The van der Waals surface area contributed by atoms with Gasteiger partial charge in [0.15, 0.2) is 0 Å². The summed E-state index contributed by atoms with van der Waals surface area (Å²) in [6, 6.07) is 7.39. The van der Waals surface area contributed by atoms with E-state index in [0.29, 0.717) is 5.56 Å². The van der Waals surface area contributed by atoms with Crippen LogP contribution in [0.1, 0.15) is 74.9 Å². The summed E-state index contributed by atoms with van der Waals surface area (Å²) < 4.78 is 0. The maximum atomic E-state index is 13.1. The molecule has 33 heavy (non-hydrogen) atoms. The van der Waals surface area contributed by atoms with Crippen LogP contribution in [0.3, 0.4) is 0 Å². The third-order valence-electron chi connectivity index (χ3n) is 5.90. The molecule has 4 rings (SSSR count). The second kappa shape index (κ2) is 9.32. The Hall–Kier alpha value is -3.88. The molecule has 170 valence electrons. The van der Waals surface area contributed by atoms with Crippen molar-refractivity contribution >= 4 is 29.5 Å². The fourth-order valence-electron chi connectivity index (χ4n) is 4.13. The number of unbranched alkanes of at least 4 members (excludes halogenated alkanes) is 1. The van der Waals surface area contributed by atoms with Gasteiger partial charge < -0.3 is 4.90 Å². The maximum Gasteiger partial charge on any atom is 0.276 e. The van der Waals surface area contributed by atoms with Gasteiger partial charge in [-0.15, -0.1) is 0 Å². The molecule has 0 radical (unpaired) electrons. The Balaban J connectivity index is 1.49. The molecule has 1 unspecified atom stereocenters. The standard InChI is InChI=1S/C24H24N4O5/c1-2-3-5-14-8-9-17(25-12-14)22(31)27-21(30)16-7-4-6-15-13-28(24(33)20(15)16)18-10-11-19(29)26-23(18)32/h4,6-9,12,18H,2-3,5,10-11,13H2,1H3,(H,26,29,32)(H,27,30,31). The zero-order valence-corrected chi connectivity index (χ0v) is 18.2. The first-order chi connectivity index (χ1) is 15.9. The van der Waals surface area contributed by atoms with Crippen molar-refractivity contribution in [3.05, 3.63) is 64.5 Å². The minimum Gasteiger partial charge on any atom is -0.322 e. The Morgan fingerprint density at radius 2 is 1.97 bits per heavy atom. The number of nitrogens with one attached hydrogen (secondary N) is 2. The van der Waals surface area contributed by atoms with Gasteiger partial charge >= 0.3 is 0 Å². The molecule has 3 heterocycles. The number of nitrogens with zero attached hydrogens (tertiary/aromatic N) is 2. The third-order valence-corrected chi connectivity index (χ3v) is 5.90. The normalized spacial score (nSPS) is 17.5. The van der Waals surface area contributed by atoms with Crippen LogP contribution in [0.4, 0.5) is 0 Å². The number of rotatable bonds is 6. The van der Waals surface area contributed by atoms with Crippen molar-refractivity contribution in [1.82, 2.24) is 20.5 Å². The van der Waals surface area contributed by atoms with E-state index in [4.69, 9.17) is 0 Å². The van der Waals surface area contributed by atoms with E-state index in [9.17, 15) is 24.0 Å². The highest BCUT2D eigenvalue weighted by Gasteiger charge is 2.40. The first-order valence-electron chi connectivity index (χ1n) is 11.0. The van der Waals surface area contributed by atoms with Gasteiger partial charge in [0, 0.05) is 19.2 Å². The Bertz CT molecular complexity index is 1140. The monoisotopic (exact) mass is 448 g/mol. The van der Waals surface area contributed by atoms with E-state index < -0.39 is 29.7 Å². The maximum absolute atomic E-state index is 13.1. The van der Waals surface area contributed by atoms with Crippen LogP contribution < -0.4 is 10.6 Å². The summed E-state index contributed by atoms with van der Waals surface area (Å²) >= 11 is 0. The van der Waals surface area contributed by atoms with Crippen LogP contribution in [-0.2, 0) is 22.6 Å². The predicted molar refractivity (Wildman–Crippen MR) is 117 cm³/mol. The summed E-state index contributed by atoms with van der Waals surface area (Å²) in [7, 11) is 0. The fraction of sp³-hybridized carbons (Fsp3) is 0.333. The van der Waals surface area contributed by atoms with Gasteiger partial charge in [0.05, 0.1) is 11.1 Å². The molecule has 2 N–H and O–H groups in total. The molecule has 2 aliphatic rings. The van der Waals surface area contributed by atoms with Gasteiger partial charge in [0.2, 0.25) is 11.8 Å². The lowest BCUT2D eigenvalue weighted by Gasteiger charge is -2.29. The van der Waals surface area contributed by atoms with Gasteiger partial charge in [-0.05, 0) is 42.5 Å². The van der Waals surface area contributed by atoms with E-state index >= 15 is 0 Å². The molecule has 1 fully saturated rings. The van der Waals surface area contributed by atoms with Crippen LogP contribution in [0.2, 0.25) is 0 Å². The van der Waals surface area contributed by atoms with Gasteiger partial charge in [-0.3, -0.25) is 39.6 Å². The van der Waals surface area contributed by atoms with E-state index in [1.807, 2.05) is 6.07 Å². The quantitative estimate of drug-likeness (QED) is 0.649. The molecule has 9 heteroatoms. The van der Waals surface area contributed by atoms with Crippen molar-refractivity contribution in [1.29, 1.82) is 0 Å². The average molecular weight is 448 g/mol. The lowest BCUT2D eigenvalue weighted by atomic mass is 10.0. The fourth-order valence-corrected chi connectivity index (χ4v) is 4.13. The van der Waals surface area contributed by atoms with E-state index in [1.54, 1.807) is 24.4 Å². The number of benzene rings is 1. The van der Waals surface area contributed by atoms with E-state index in [0.717, 1.165) is 24.8 Å². The van der Waals surface area contributed by atoms with Crippen molar-refractivity contribution in [2.75, 3.05) is 0 Å². The SMILES string of the molecule is CCCCc1ccc(C(=O)NC(=O)c2cccc3c2C(=O)N(C2CCC(=O)NC2=O)C3)nc1. The zero-order valence-electron chi connectivity index (χ0n) is 18.2. The Morgan fingerprint density at radius 1 is 1.15 bits per heavy atom. The van der Waals surface area contributed by atoms with Crippen molar-refractivity contribution in [2.45, 2.75) is 51.6 Å². The molecule has 1 saturated heterocycles. The van der Waals surface area contributed by atoms with Crippen LogP contribution in [0.15, 0.2) is 36.5 Å². The van der Waals surface area contributed by atoms with Crippen LogP contribution >= 0.6 is 0 Å². The first kappa shape index (κ1) is 22.3. The van der Waals surface area contributed by atoms with Crippen molar-refractivity contribution in [2.24, 2.45) is 0 Å². The highest BCUT2D eigenvalue weighted by Crippen LogP contribution is 2.29. The molecule has 1 aromatic carbocycles. The summed E-state index contributed by atoms with van der Waals surface area (Å²) in [5.74, 6) is -2.75. The largest absolute Gasteiger partial charge is 0.322 e. The number of pyridine rings is 1. The van der Waals surface area contributed by atoms with Crippen LogP contribution in [0.5, 0.6) is 0 Å². The summed E-state index contributed by atoms with van der Waals surface area (Å²) in [6.45, 7) is 2.24. The smallest absolute Gasteiger partial charge is 0.276 e. The molecule has 1 atom stereocenters. The number of aromatic nitrogens is 1. The first-order valence-corrected chi connectivity index (χ1v) is 11.0. The molecule has 2 aliphatic heterocycles. The minimum absolute atomic E-state index is 0.0557. The molecule has 0 aliphatic carbocycles. The second-order valence-electron chi connectivity index (χ2n) is 8.18. The molecule has 0 bridgehead atoms. The second-order valence-corrected chi connectivity index (χ2v) is 8.18. The Kier molecular flexibility index (Phi) is 6.30. The summed E-state index contributed by atoms with van der Waals surface area (Å²) in [5.41, 5.74) is 1.92. The van der Waals surface area contributed by atoms with E-state index in [1.165, 1.54) is 11.0 Å². The van der Waals surface area contributed by atoms with Crippen LogP contribution in [0.25, 0.3) is 0 Å². The highest BCUT2D eigenvalue weighted by atomic mass is 16.2. The van der Waals surface area contributed by atoms with Gasteiger partial charge in [-0.1, -0.05) is 31.5 Å². The van der Waals surface area contributed by atoms with Gasteiger partial charge in [0.1, 0.15) is 11.7 Å². The average Bonchev–Trinajstić information content (AvgIpc) is 3.14. The minimum atomic E-state index is -0.782. The molecule has 1 aromatic heterocycles. The summed E-state index contributed by atoms with van der Waals surface area (Å²) in [4.78, 5) is 67.7. The number of amides is 5.